The summed E-state index contributed by atoms with van der Waals surface area (Å²) in [6.07, 6.45) is 2.11. The molecule has 2 aromatic rings. The number of fused-ring (bicyclic) bond motifs is 6. The molecule has 2 nitrogen and oxygen atoms in total. The zero-order valence-electron chi connectivity index (χ0n) is 22.5. The molecule has 0 radical (unpaired) electrons. The maximum absolute atomic E-state index is 3.90. The van der Waals surface area contributed by atoms with Crippen molar-refractivity contribution in [3.63, 3.8) is 0 Å². The molecule has 0 saturated carbocycles. The van der Waals surface area contributed by atoms with E-state index in [2.05, 4.69) is 120 Å². The second kappa shape index (κ2) is 8.23. The molecule has 186 valence electrons. The Labute approximate surface area is 233 Å². The zero-order valence-corrected chi connectivity index (χ0v) is 25.7. The summed E-state index contributed by atoms with van der Waals surface area (Å²) < 4.78 is 4.60. The lowest BCUT2D eigenvalue weighted by Gasteiger charge is -2.20. The first-order chi connectivity index (χ1) is 17.0. The van der Waals surface area contributed by atoms with Crippen LogP contribution < -0.4 is 7.85 Å². The largest absolute Gasteiger partial charge is 0.297 e. The van der Waals surface area contributed by atoms with Crippen molar-refractivity contribution in [2.75, 3.05) is 7.85 Å². The van der Waals surface area contributed by atoms with Crippen molar-refractivity contribution in [3.8, 4) is 0 Å². The van der Waals surface area contributed by atoms with E-state index < -0.39 is 0 Å². The second-order valence-electron chi connectivity index (χ2n) is 11.2. The number of nitrogens with zero attached hydrogens (tertiary/aromatic N) is 2. The molecule has 2 heterocycles. The summed E-state index contributed by atoms with van der Waals surface area (Å²) in [5.74, 6) is 0. The van der Waals surface area contributed by atoms with E-state index in [1.54, 1.807) is 0 Å². The van der Waals surface area contributed by atoms with Crippen molar-refractivity contribution in [2.45, 2.75) is 80.3 Å². The summed E-state index contributed by atoms with van der Waals surface area (Å²) >= 11 is 7.80. The summed E-state index contributed by atoms with van der Waals surface area (Å²) in [4.78, 5) is 0. The third kappa shape index (κ3) is 3.13. The van der Waals surface area contributed by atoms with Crippen molar-refractivity contribution in [1.29, 1.82) is 0 Å². The molecule has 2 aromatic carbocycles. The van der Waals surface area contributed by atoms with E-state index in [9.17, 15) is 0 Å². The fourth-order valence-corrected chi connectivity index (χ4v) is 8.47. The second-order valence-corrected chi connectivity index (χ2v) is 12.7. The molecule has 0 fully saturated rings. The fourth-order valence-electron chi connectivity index (χ4n) is 6.86. The highest BCUT2D eigenvalue weighted by Gasteiger charge is 2.41. The van der Waals surface area contributed by atoms with E-state index in [1.807, 2.05) is 0 Å². The summed E-state index contributed by atoms with van der Waals surface area (Å²) in [6, 6.07) is 10.4. The Morgan fingerprint density at radius 3 is 1.28 bits per heavy atom. The molecule has 2 aliphatic heterocycles. The first-order valence-corrected chi connectivity index (χ1v) is 14.4. The van der Waals surface area contributed by atoms with Gasteiger partial charge in [-0.25, -0.2) is 0 Å². The lowest BCUT2D eigenvalue weighted by molar-refractivity contribution is 0.938. The van der Waals surface area contributed by atoms with Gasteiger partial charge in [-0.15, -0.1) is 0 Å². The number of benzene rings is 2. The van der Waals surface area contributed by atoms with E-state index >= 15 is 0 Å². The van der Waals surface area contributed by atoms with Crippen molar-refractivity contribution < 1.29 is 0 Å². The summed E-state index contributed by atoms with van der Waals surface area (Å²) in [5.41, 5.74) is 22.7. The Kier molecular flexibility index (Phi) is 5.56. The van der Waals surface area contributed by atoms with Gasteiger partial charge in [0.25, 0.3) is 0 Å². The monoisotopic (exact) mass is 604 g/mol. The van der Waals surface area contributed by atoms with Crippen LogP contribution >= 0.6 is 32.3 Å². The third-order valence-electron chi connectivity index (χ3n) is 9.55. The molecule has 0 aromatic heterocycles. The van der Waals surface area contributed by atoms with Gasteiger partial charge < -0.3 is 0 Å². The van der Waals surface area contributed by atoms with Gasteiger partial charge in [-0.2, -0.15) is 0 Å². The SMILES string of the molecule is CC1=C(C)C2C(=C1C)c1cc(CCc3cc4c(cc3C)N(Br)C3C(C)=C(C)C(C)=C43)c(C)cc1N2Br. The number of halogens is 2. The average Bonchev–Trinajstić information content (AvgIpc) is 3.45. The van der Waals surface area contributed by atoms with Crippen LogP contribution in [0.1, 0.15) is 74.9 Å². The van der Waals surface area contributed by atoms with Crippen molar-refractivity contribution in [3.05, 3.63) is 91.1 Å². The van der Waals surface area contributed by atoms with Crippen molar-refractivity contribution in [2.24, 2.45) is 0 Å². The molecule has 0 bridgehead atoms. The van der Waals surface area contributed by atoms with E-state index in [1.165, 1.54) is 89.3 Å². The topological polar surface area (TPSA) is 6.48 Å². The van der Waals surface area contributed by atoms with Crippen LogP contribution in [0.2, 0.25) is 0 Å². The van der Waals surface area contributed by atoms with Crippen LogP contribution in [0.4, 0.5) is 11.4 Å². The van der Waals surface area contributed by atoms with Gasteiger partial charge in [-0.1, -0.05) is 0 Å². The van der Waals surface area contributed by atoms with Crippen LogP contribution in [-0.2, 0) is 12.8 Å². The summed E-state index contributed by atoms with van der Waals surface area (Å²) in [5, 5.41) is 0. The molecule has 0 saturated heterocycles. The normalized spacial score (nSPS) is 22.4. The minimum absolute atomic E-state index is 0.331. The van der Waals surface area contributed by atoms with Crippen molar-refractivity contribution in [1.82, 2.24) is 0 Å². The van der Waals surface area contributed by atoms with Crippen LogP contribution in [0, 0.1) is 13.8 Å². The quantitative estimate of drug-likeness (QED) is 0.322. The van der Waals surface area contributed by atoms with Gasteiger partial charge in [0.05, 0.1) is 55.8 Å². The van der Waals surface area contributed by atoms with Crippen LogP contribution in [0.25, 0.3) is 11.1 Å². The number of rotatable bonds is 3. The first-order valence-electron chi connectivity index (χ1n) is 13.0. The Hall–Kier alpha value is -2.04. The molecule has 2 atom stereocenters. The Morgan fingerprint density at radius 2 is 0.917 bits per heavy atom. The first kappa shape index (κ1) is 24.3. The van der Waals surface area contributed by atoms with E-state index in [0.29, 0.717) is 12.1 Å². The predicted octanol–water partition coefficient (Wildman–Crippen LogP) is 9.33. The molecule has 0 N–H and O–H groups in total. The molecular formula is C32H34Br2N2. The summed E-state index contributed by atoms with van der Waals surface area (Å²) in [7, 11) is 0. The third-order valence-corrected chi connectivity index (χ3v) is 11.1. The molecule has 2 aliphatic carbocycles. The molecule has 36 heavy (non-hydrogen) atoms. The number of allylic oxidation sites excluding steroid dienone is 4. The van der Waals surface area contributed by atoms with E-state index in [-0.39, 0.29) is 0 Å². The predicted molar refractivity (Wildman–Crippen MR) is 162 cm³/mol. The Balaban J connectivity index is 1.34. The molecule has 4 aliphatic rings. The van der Waals surface area contributed by atoms with Gasteiger partial charge >= 0.3 is 0 Å². The highest BCUT2D eigenvalue weighted by Crippen LogP contribution is 2.54. The van der Waals surface area contributed by atoms with Gasteiger partial charge in [0.1, 0.15) is 0 Å². The van der Waals surface area contributed by atoms with Crippen LogP contribution in [-0.4, -0.2) is 12.1 Å². The maximum atomic E-state index is 3.90. The van der Waals surface area contributed by atoms with E-state index in [0.717, 1.165) is 12.8 Å². The number of hydrogen-bond donors (Lipinski definition) is 0. The zero-order chi connectivity index (χ0) is 25.8. The van der Waals surface area contributed by atoms with Crippen LogP contribution in [0.15, 0.2) is 57.7 Å². The van der Waals surface area contributed by atoms with Crippen LogP contribution in [0.3, 0.4) is 0 Å². The van der Waals surface area contributed by atoms with Gasteiger partial charge in [-0.05, 0) is 159 Å². The molecule has 4 heteroatoms. The summed E-state index contributed by atoms with van der Waals surface area (Å²) in [6.45, 7) is 18.2. The van der Waals surface area contributed by atoms with E-state index in [4.69, 9.17) is 0 Å². The van der Waals surface area contributed by atoms with Crippen LogP contribution in [0.5, 0.6) is 0 Å². The number of hydrogen-bond acceptors (Lipinski definition) is 2. The fraction of sp³-hybridized carbons (Fsp3) is 0.375. The standard InChI is InChI=1S/C32H34Br2N2/c1-15-11-27-25(29-19(5)17(3)21(7)31(29)35(27)33)13-23(15)9-10-24-14-26-28(12-16(24)2)36(34)32-22(8)18(4)20(6)30(26)32/h11-14,31-32H,9-10H2,1-8H3. The minimum atomic E-state index is 0.331. The average molecular weight is 606 g/mol. The highest BCUT2D eigenvalue weighted by molar-refractivity contribution is 9.10. The molecule has 0 spiro atoms. The number of aryl methyl sites for hydroxylation is 4. The Bertz CT molecular complexity index is 1390. The Morgan fingerprint density at radius 1 is 0.556 bits per heavy atom. The van der Waals surface area contributed by atoms with Crippen molar-refractivity contribution >= 4 is 54.8 Å². The minimum Gasteiger partial charge on any atom is -0.297 e. The molecule has 6 rings (SSSR count). The lowest BCUT2D eigenvalue weighted by atomic mass is 9.91. The highest BCUT2D eigenvalue weighted by atomic mass is 79.9. The number of anilines is 2. The van der Waals surface area contributed by atoms with Gasteiger partial charge in [0, 0.05) is 11.1 Å². The lowest BCUT2D eigenvalue weighted by Crippen LogP contribution is -2.21. The molecule has 0 amide bonds. The van der Waals surface area contributed by atoms with Gasteiger partial charge in [0.15, 0.2) is 0 Å². The maximum Gasteiger partial charge on any atom is 0.0879 e. The molecular weight excluding hydrogens is 572 g/mol. The van der Waals surface area contributed by atoms with Gasteiger partial charge in [-0.3, -0.25) is 7.85 Å². The van der Waals surface area contributed by atoms with Gasteiger partial charge in [0.2, 0.25) is 0 Å². The molecule has 2 unspecified atom stereocenters. The smallest absolute Gasteiger partial charge is 0.0879 e.